The number of fused-ring (bicyclic) bond motifs is 1. The maximum absolute atomic E-state index is 12.6. The number of benzene rings is 1. The summed E-state index contributed by atoms with van der Waals surface area (Å²) < 4.78 is 8.05. The lowest BCUT2D eigenvalue weighted by Crippen LogP contribution is -2.36. The smallest absolute Gasteiger partial charge is 0.271 e. The number of carbonyl (C=O) groups excluding carboxylic acids is 1. The zero-order valence-corrected chi connectivity index (χ0v) is 18.3. The molecule has 0 atom stereocenters. The van der Waals surface area contributed by atoms with Crippen LogP contribution < -0.4 is 10.3 Å². The number of aromatic nitrogens is 3. The summed E-state index contributed by atoms with van der Waals surface area (Å²) in [5, 5.41) is 0.414. The van der Waals surface area contributed by atoms with Crippen LogP contribution in [0.5, 0.6) is 5.75 Å². The van der Waals surface area contributed by atoms with E-state index in [1.54, 1.807) is 11.7 Å². The van der Waals surface area contributed by atoms with E-state index < -0.39 is 0 Å². The summed E-state index contributed by atoms with van der Waals surface area (Å²) >= 11 is 7.95. The van der Waals surface area contributed by atoms with Crippen LogP contribution in [0.4, 0.5) is 0 Å². The van der Waals surface area contributed by atoms with Crippen LogP contribution in [0, 0.1) is 3.95 Å². The molecule has 0 bridgehead atoms. The number of hydrogen-bond acceptors (Lipinski definition) is 7. The lowest BCUT2D eigenvalue weighted by Gasteiger charge is -2.26. The van der Waals surface area contributed by atoms with Gasteiger partial charge < -0.3 is 14.6 Å². The van der Waals surface area contributed by atoms with Crippen LogP contribution >= 0.6 is 35.3 Å². The Hall–Kier alpha value is -2.17. The van der Waals surface area contributed by atoms with Crippen molar-refractivity contribution in [3.63, 3.8) is 0 Å². The molecule has 152 valence electrons. The molecule has 29 heavy (non-hydrogen) atoms. The highest BCUT2D eigenvalue weighted by Crippen LogP contribution is 2.26. The summed E-state index contributed by atoms with van der Waals surface area (Å²) in [6, 6.07) is 7.44. The minimum Gasteiger partial charge on any atom is -0.497 e. The number of piperidine rings is 1. The summed E-state index contributed by atoms with van der Waals surface area (Å²) in [7, 11) is 1.60. The molecular formula is C19H20N4O3S3. The minimum atomic E-state index is -0.249. The zero-order chi connectivity index (χ0) is 20.4. The van der Waals surface area contributed by atoms with Crippen molar-refractivity contribution in [2.75, 3.05) is 26.0 Å². The lowest BCUT2D eigenvalue weighted by molar-refractivity contribution is -0.129. The number of amides is 1. The monoisotopic (exact) mass is 448 g/mol. The van der Waals surface area contributed by atoms with Crippen molar-refractivity contribution in [3.05, 3.63) is 38.6 Å². The first-order valence-electron chi connectivity index (χ1n) is 9.27. The Labute approximate surface area is 180 Å². The Balaban J connectivity index is 1.66. The number of carbonyl (C=O) groups is 1. The van der Waals surface area contributed by atoms with Gasteiger partial charge in [0, 0.05) is 19.2 Å². The molecule has 0 unspecified atom stereocenters. The Morgan fingerprint density at radius 2 is 2.14 bits per heavy atom. The Morgan fingerprint density at radius 3 is 2.90 bits per heavy atom. The molecule has 3 aromatic rings. The van der Waals surface area contributed by atoms with E-state index in [-0.39, 0.29) is 17.2 Å². The first-order chi connectivity index (χ1) is 14.1. The van der Waals surface area contributed by atoms with Crippen molar-refractivity contribution >= 4 is 51.6 Å². The molecule has 10 heteroatoms. The van der Waals surface area contributed by atoms with E-state index >= 15 is 0 Å². The van der Waals surface area contributed by atoms with E-state index in [4.69, 9.17) is 17.0 Å². The number of likely N-dealkylation sites (tertiary alicyclic amines) is 1. The van der Waals surface area contributed by atoms with Gasteiger partial charge in [0.25, 0.3) is 5.56 Å². The topological polar surface area (TPSA) is 80.2 Å². The number of H-pyrrole nitrogens is 1. The van der Waals surface area contributed by atoms with Crippen molar-refractivity contribution in [1.82, 2.24) is 19.4 Å². The molecular weight excluding hydrogens is 428 g/mol. The molecule has 1 aromatic carbocycles. The van der Waals surface area contributed by atoms with Gasteiger partial charge in [0.1, 0.15) is 10.4 Å². The first-order valence-corrected chi connectivity index (χ1v) is 11.5. The maximum atomic E-state index is 12.6. The standard InChI is InChI=1S/C19H20N4O3S3/c1-26-13-7-5-6-12(10-13)23-16-15(29-19(23)27)17(25)21-18(20-16)28-11-14(24)22-8-3-2-4-9-22/h5-7,10H,2-4,8-9,11H2,1H3,(H,20,21,25). The molecule has 1 N–H and O–H groups in total. The zero-order valence-electron chi connectivity index (χ0n) is 15.8. The molecule has 1 saturated heterocycles. The van der Waals surface area contributed by atoms with Crippen LogP contribution in [0.3, 0.4) is 0 Å². The van der Waals surface area contributed by atoms with Crippen molar-refractivity contribution in [2.24, 2.45) is 0 Å². The van der Waals surface area contributed by atoms with Crippen LogP contribution in [-0.4, -0.2) is 51.3 Å². The number of aromatic amines is 1. The van der Waals surface area contributed by atoms with Crippen LogP contribution in [0.1, 0.15) is 19.3 Å². The largest absolute Gasteiger partial charge is 0.497 e. The van der Waals surface area contributed by atoms with Gasteiger partial charge in [-0.15, -0.1) is 0 Å². The molecule has 4 rings (SSSR count). The average molecular weight is 449 g/mol. The number of ether oxygens (including phenoxy) is 1. The highest BCUT2D eigenvalue weighted by Gasteiger charge is 2.18. The summed E-state index contributed by atoms with van der Waals surface area (Å²) in [4.78, 5) is 34.3. The number of rotatable bonds is 5. The van der Waals surface area contributed by atoms with Gasteiger partial charge in [-0.25, -0.2) is 4.98 Å². The number of thiazole rings is 1. The van der Waals surface area contributed by atoms with E-state index in [0.29, 0.717) is 25.2 Å². The van der Waals surface area contributed by atoms with Gasteiger partial charge in [0.15, 0.2) is 14.8 Å². The molecule has 7 nitrogen and oxygen atoms in total. The average Bonchev–Trinajstić information content (AvgIpc) is 3.09. The second-order valence-corrected chi connectivity index (χ2v) is 9.27. The van der Waals surface area contributed by atoms with E-state index in [2.05, 4.69) is 9.97 Å². The Morgan fingerprint density at radius 1 is 1.34 bits per heavy atom. The van der Waals surface area contributed by atoms with Gasteiger partial charge >= 0.3 is 0 Å². The second kappa shape index (κ2) is 8.68. The molecule has 3 heterocycles. The van der Waals surface area contributed by atoms with E-state index in [1.807, 2.05) is 29.2 Å². The minimum absolute atomic E-state index is 0.0763. The number of thioether (sulfide) groups is 1. The van der Waals surface area contributed by atoms with Gasteiger partial charge in [-0.2, -0.15) is 0 Å². The van der Waals surface area contributed by atoms with Crippen molar-refractivity contribution in [2.45, 2.75) is 24.4 Å². The van der Waals surface area contributed by atoms with Gasteiger partial charge in [0.2, 0.25) is 5.91 Å². The molecule has 1 aliphatic heterocycles. The second-order valence-electron chi connectivity index (χ2n) is 6.66. The molecule has 1 amide bonds. The normalized spacial score (nSPS) is 14.3. The predicted molar refractivity (Wildman–Crippen MR) is 118 cm³/mol. The van der Waals surface area contributed by atoms with Crippen molar-refractivity contribution in [3.8, 4) is 11.4 Å². The van der Waals surface area contributed by atoms with Crippen LogP contribution in [0.25, 0.3) is 16.0 Å². The molecule has 2 aromatic heterocycles. The van der Waals surface area contributed by atoms with E-state index in [9.17, 15) is 9.59 Å². The first kappa shape index (κ1) is 20.1. The maximum Gasteiger partial charge on any atom is 0.271 e. The fourth-order valence-corrected chi connectivity index (χ4v) is 5.33. The third kappa shape index (κ3) is 4.24. The quantitative estimate of drug-likeness (QED) is 0.365. The molecule has 0 saturated carbocycles. The van der Waals surface area contributed by atoms with Crippen molar-refractivity contribution in [1.29, 1.82) is 0 Å². The van der Waals surface area contributed by atoms with Gasteiger partial charge in [-0.05, 0) is 43.6 Å². The highest BCUT2D eigenvalue weighted by molar-refractivity contribution is 7.99. The third-order valence-corrected chi connectivity index (χ3v) is 6.99. The number of nitrogens with zero attached hydrogens (tertiary/aromatic N) is 3. The van der Waals surface area contributed by atoms with Crippen molar-refractivity contribution < 1.29 is 9.53 Å². The summed E-state index contributed by atoms with van der Waals surface area (Å²) in [5.41, 5.74) is 1.02. The number of hydrogen-bond donors (Lipinski definition) is 1. The fourth-order valence-electron chi connectivity index (χ4n) is 3.30. The van der Waals surface area contributed by atoms with E-state index in [0.717, 1.165) is 31.6 Å². The summed E-state index contributed by atoms with van der Waals surface area (Å²) in [6.45, 7) is 1.62. The summed E-state index contributed by atoms with van der Waals surface area (Å²) in [5.74, 6) is 1.01. The van der Waals surface area contributed by atoms with Crippen LogP contribution in [0.2, 0.25) is 0 Å². The molecule has 1 aliphatic rings. The summed E-state index contributed by atoms with van der Waals surface area (Å²) in [6.07, 6.45) is 3.28. The molecule has 0 aliphatic carbocycles. The molecule has 0 radical (unpaired) electrons. The molecule has 0 spiro atoms. The van der Waals surface area contributed by atoms with Gasteiger partial charge in [-0.1, -0.05) is 29.2 Å². The molecule has 1 fully saturated rings. The number of methoxy groups -OCH3 is 1. The van der Waals surface area contributed by atoms with Crippen LogP contribution in [0.15, 0.2) is 34.2 Å². The lowest BCUT2D eigenvalue weighted by atomic mass is 10.1. The fraction of sp³-hybridized carbons (Fsp3) is 0.368. The third-order valence-electron chi connectivity index (χ3n) is 4.77. The SMILES string of the molecule is COc1cccc(-n2c(=S)sc3c(=O)[nH]c(SCC(=O)N4CCCCC4)nc32)c1. The van der Waals surface area contributed by atoms with Gasteiger partial charge in [0.05, 0.1) is 18.6 Å². The highest BCUT2D eigenvalue weighted by atomic mass is 32.2. The number of nitrogens with one attached hydrogen (secondary N) is 1. The Kier molecular flexibility index (Phi) is 6.02. The van der Waals surface area contributed by atoms with E-state index in [1.165, 1.54) is 29.5 Å². The van der Waals surface area contributed by atoms with Gasteiger partial charge in [-0.3, -0.25) is 14.2 Å². The Bertz CT molecular complexity index is 1160. The predicted octanol–water partition coefficient (Wildman–Crippen LogP) is 3.62. The van der Waals surface area contributed by atoms with Crippen LogP contribution in [-0.2, 0) is 4.79 Å².